The van der Waals surface area contributed by atoms with Crippen molar-refractivity contribution in [3.63, 3.8) is 0 Å². The van der Waals surface area contributed by atoms with Crippen LogP contribution in [-0.4, -0.2) is 27.3 Å². The van der Waals surface area contributed by atoms with E-state index in [1.165, 1.54) is 11.1 Å². The molecule has 2 aliphatic carbocycles. The standard InChI is InChI=1S/C20H21N3O/c1-13-12-17(22-18(21-13)15-6-7-15)19(24)23-11-8-14-4-2-3-5-16(14)20(23)9-10-20/h2-5,12,15H,6-11H2,1H3. The third-order valence-electron chi connectivity index (χ3n) is 5.64. The van der Waals surface area contributed by atoms with Crippen molar-refractivity contribution in [1.29, 1.82) is 0 Å². The molecule has 1 aliphatic heterocycles. The number of aryl methyl sites for hydroxylation is 1. The first-order chi connectivity index (χ1) is 11.7. The van der Waals surface area contributed by atoms with E-state index in [-0.39, 0.29) is 11.4 Å². The number of hydrogen-bond donors (Lipinski definition) is 0. The zero-order valence-corrected chi connectivity index (χ0v) is 14.0. The molecule has 0 bridgehead atoms. The fourth-order valence-corrected chi connectivity index (χ4v) is 4.10. The highest BCUT2D eigenvalue weighted by atomic mass is 16.2. The maximum Gasteiger partial charge on any atom is 0.273 e. The van der Waals surface area contributed by atoms with Crippen LogP contribution in [0.1, 0.15) is 64.7 Å². The molecule has 1 amide bonds. The van der Waals surface area contributed by atoms with Crippen molar-refractivity contribution in [2.75, 3.05) is 6.54 Å². The summed E-state index contributed by atoms with van der Waals surface area (Å²) in [6.07, 6.45) is 5.37. The van der Waals surface area contributed by atoms with E-state index < -0.39 is 0 Å². The minimum absolute atomic E-state index is 0.0782. The van der Waals surface area contributed by atoms with E-state index in [4.69, 9.17) is 0 Å². The summed E-state index contributed by atoms with van der Waals surface area (Å²) in [6.45, 7) is 2.75. The number of amides is 1. The van der Waals surface area contributed by atoms with Crippen LogP contribution in [0.15, 0.2) is 30.3 Å². The maximum absolute atomic E-state index is 13.2. The SMILES string of the molecule is Cc1cc(C(=O)N2CCc3ccccc3C23CC3)nc(C2CC2)n1. The molecule has 2 saturated carbocycles. The Kier molecular flexibility index (Phi) is 2.88. The molecule has 122 valence electrons. The van der Waals surface area contributed by atoms with E-state index in [0.29, 0.717) is 11.6 Å². The van der Waals surface area contributed by atoms with E-state index in [0.717, 1.165) is 50.2 Å². The van der Waals surface area contributed by atoms with E-state index in [1.54, 1.807) is 0 Å². The maximum atomic E-state index is 13.2. The van der Waals surface area contributed by atoms with Crippen LogP contribution in [-0.2, 0) is 12.0 Å². The lowest BCUT2D eigenvalue weighted by Gasteiger charge is -2.38. The largest absolute Gasteiger partial charge is 0.327 e. The van der Waals surface area contributed by atoms with Crippen LogP contribution in [0.25, 0.3) is 0 Å². The predicted molar refractivity (Wildman–Crippen MR) is 90.8 cm³/mol. The molecule has 1 spiro atoms. The summed E-state index contributed by atoms with van der Waals surface area (Å²) in [5.41, 5.74) is 4.15. The number of carbonyl (C=O) groups is 1. The van der Waals surface area contributed by atoms with Gasteiger partial charge in [-0.15, -0.1) is 0 Å². The highest BCUT2D eigenvalue weighted by Crippen LogP contribution is 2.54. The number of carbonyl (C=O) groups excluding carboxylic acids is 1. The highest BCUT2D eigenvalue weighted by Gasteiger charge is 2.54. The Balaban J connectivity index is 1.52. The Morgan fingerprint density at radius 2 is 2.00 bits per heavy atom. The smallest absolute Gasteiger partial charge is 0.273 e. The molecule has 0 atom stereocenters. The van der Waals surface area contributed by atoms with Gasteiger partial charge in [0.25, 0.3) is 5.91 Å². The molecule has 1 aromatic carbocycles. The molecule has 0 radical (unpaired) electrons. The van der Waals surface area contributed by atoms with Gasteiger partial charge in [0.2, 0.25) is 0 Å². The van der Waals surface area contributed by atoms with Gasteiger partial charge in [-0.3, -0.25) is 4.79 Å². The molecule has 1 aromatic heterocycles. The summed E-state index contributed by atoms with van der Waals surface area (Å²) in [7, 11) is 0. The molecule has 4 heteroatoms. The Hall–Kier alpha value is -2.23. The second kappa shape index (κ2) is 4.88. The Morgan fingerprint density at radius 1 is 1.21 bits per heavy atom. The summed E-state index contributed by atoms with van der Waals surface area (Å²) in [6, 6.07) is 10.4. The molecular weight excluding hydrogens is 298 g/mol. The van der Waals surface area contributed by atoms with Crippen LogP contribution < -0.4 is 0 Å². The highest BCUT2D eigenvalue weighted by molar-refractivity contribution is 5.93. The van der Waals surface area contributed by atoms with Gasteiger partial charge in [0, 0.05) is 18.2 Å². The fraction of sp³-hybridized carbons (Fsp3) is 0.450. The summed E-state index contributed by atoms with van der Waals surface area (Å²) >= 11 is 0. The van der Waals surface area contributed by atoms with Crippen LogP contribution in [0.2, 0.25) is 0 Å². The second-order valence-corrected chi connectivity index (χ2v) is 7.42. The number of fused-ring (bicyclic) bond motifs is 2. The summed E-state index contributed by atoms with van der Waals surface area (Å²) in [5, 5.41) is 0. The van der Waals surface area contributed by atoms with Gasteiger partial charge < -0.3 is 4.90 Å². The molecule has 0 unspecified atom stereocenters. The number of hydrogen-bond acceptors (Lipinski definition) is 3. The van der Waals surface area contributed by atoms with Crippen LogP contribution in [0, 0.1) is 6.92 Å². The van der Waals surface area contributed by atoms with Crippen LogP contribution in [0.5, 0.6) is 0 Å². The number of aromatic nitrogens is 2. The molecule has 24 heavy (non-hydrogen) atoms. The monoisotopic (exact) mass is 319 g/mol. The molecule has 2 fully saturated rings. The molecule has 0 N–H and O–H groups in total. The lowest BCUT2D eigenvalue weighted by molar-refractivity contribution is 0.0619. The topological polar surface area (TPSA) is 46.1 Å². The molecule has 0 saturated heterocycles. The van der Waals surface area contributed by atoms with Gasteiger partial charge in [-0.05, 0) is 56.2 Å². The van der Waals surface area contributed by atoms with Crippen molar-refractivity contribution in [1.82, 2.24) is 14.9 Å². The zero-order valence-electron chi connectivity index (χ0n) is 14.0. The molecule has 3 aliphatic rings. The number of benzene rings is 1. The number of nitrogens with zero attached hydrogens (tertiary/aromatic N) is 3. The molecule has 2 aromatic rings. The lowest BCUT2D eigenvalue weighted by Crippen LogP contribution is -2.45. The molecule has 5 rings (SSSR count). The van der Waals surface area contributed by atoms with Crippen molar-refractivity contribution in [3.05, 3.63) is 58.7 Å². The summed E-state index contributed by atoms with van der Waals surface area (Å²) < 4.78 is 0. The summed E-state index contributed by atoms with van der Waals surface area (Å²) in [4.78, 5) is 24.5. The van der Waals surface area contributed by atoms with Gasteiger partial charge in [0.15, 0.2) is 0 Å². The van der Waals surface area contributed by atoms with E-state index in [9.17, 15) is 4.79 Å². The molecule has 2 heterocycles. The third kappa shape index (κ3) is 2.09. The first-order valence-electron chi connectivity index (χ1n) is 8.93. The van der Waals surface area contributed by atoms with E-state index in [1.807, 2.05) is 13.0 Å². The Labute approximate surface area is 141 Å². The van der Waals surface area contributed by atoms with Gasteiger partial charge in [-0.25, -0.2) is 9.97 Å². The van der Waals surface area contributed by atoms with Crippen LogP contribution in [0.3, 0.4) is 0 Å². The number of rotatable bonds is 2. The molecular formula is C20H21N3O. The minimum atomic E-state index is -0.0788. The van der Waals surface area contributed by atoms with Gasteiger partial charge in [-0.2, -0.15) is 0 Å². The average Bonchev–Trinajstić information content (AvgIpc) is 3.49. The van der Waals surface area contributed by atoms with Crippen LogP contribution in [0.4, 0.5) is 0 Å². The summed E-state index contributed by atoms with van der Waals surface area (Å²) in [5.74, 6) is 1.41. The van der Waals surface area contributed by atoms with Crippen molar-refractivity contribution in [2.24, 2.45) is 0 Å². The zero-order chi connectivity index (χ0) is 16.3. The third-order valence-corrected chi connectivity index (χ3v) is 5.64. The fourth-order valence-electron chi connectivity index (χ4n) is 4.10. The Bertz CT molecular complexity index is 837. The minimum Gasteiger partial charge on any atom is -0.327 e. The lowest BCUT2D eigenvalue weighted by atomic mass is 9.90. The van der Waals surface area contributed by atoms with Crippen molar-refractivity contribution < 1.29 is 4.79 Å². The van der Waals surface area contributed by atoms with Crippen molar-refractivity contribution in [3.8, 4) is 0 Å². The molecule has 4 nitrogen and oxygen atoms in total. The van der Waals surface area contributed by atoms with Gasteiger partial charge in [0.05, 0.1) is 5.54 Å². The van der Waals surface area contributed by atoms with Gasteiger partial charge in [-0.1, -0.05) is 24.3 Å². The van der Waals surface area contributed by atoms with Gasteiger partial charge in [0.1, 0.15) is 11.5 Å². The van der Waals surface area contributed by atoms with E-state index in [2.05, 4.69) is 39.1 Å². The quantitative estimate of drug-likeness (QED) is 0.853. The van der Waals surface area contributed by atoms with Gasteiger partial charge >= 0.3 is 0 Å². The second-order valence-electron chi connectivity index (χ2n) is 7.42. The average molecular weight is 319 g/mol. The first kappa shape index (κ1) is 14.1. The van der Waals surface area contributed by atoms with Crippen LogP contribution >= 0.6 is 0 Å². The van der Waals surface area contributed by atoms with Crippen molar-refractivity contribution >= 4 is 5.91 Å². The first-order valence-corrected chi connectivity index (χ1v) is 8.93. The Morgan fingerprint density at radius 3 is 2.75 bits per heavy atom. The normalized spacial score (nSPS) is 20.8. The van der Waals surface area contributed by atoms with Crippen molar-refractivity contribution in [2.45, 2.75) is 50.5 Å². The predicted octanol–water partition coefficient (Wildman–Crippen LogP) is 3.35. The van der Waals surface area contributed by atoms with E-state index >= 15 is 0 Å².